The van der Waals surface area contributed by atoms with E-state index in [9.17, 15) is 4.79 Å². The van der Waals surface area contributed by atoms with Crippen LogP contribution in [0.15, 0.2) is 54.9 Å². The molecular formula is C20H18N4O3. The van der Waals surface area contributed by atoms with Crippen molar-refractivity contribution in [3.8, 4) is 11.5 Å². The van der Waals surface area contributed by atoms with E-state index in [2.05, 4.69) is 27.5 Å². The molecule has 0 unspecified atom stereocenters. The maximum absolute atomic E-state index is 12.3. The number of aryl methyl sites for hydroxylation is 1. The molecule has 1 aromatic heterocycles. The monoisotopic (exact) mass is 362 g/mol. The Morgan fingerprint density at radius 2 is 1.70 bits per heavy atom. The van der Waals surface area contributed by atoms with Crippen LogP contribution in [0.3, 0.4) is 0 Å². The van der Waals surface area contributed by atoms with Crippen molar-refractivity contribution >= 4 is 23.2 Å². The van der Waals surface area contributed by atoms with E-state index in [1.165, 1.54) is 18.0 Å². The fourth-order valence-electron chi connectivity index (χ4n) is 2.64. The quantitative estimate of drug-likeness (QED) is 0.719. The van der Waals surface area contributed by atoms with Crippen LogP contribution >= 0.6 is 0 Å². The molecule has 1 aliphatic heterocycles. The number of hydrogen-bond acceptors (Lipinski definition) is 6. The lowest BCUT2D eigenvalue weighted by molar-refractivity contribution is 0.102. The van der Waals surface area contributed by atoms with E-state index in [4.69, 9.17) is 9.47 Å². The van der Waals surface area contributed by atoms with Gasteiger partial charge in [-0.15, -0.1) is 0 Å². The lowest BCUT2D eigenvalue weighted by atomic mass is 10.1. The van der Waals surface area contributed by atoms with Crippen LogP contribution in [0.25, 0.3) is 0 Å². The van der Waals surface area contributed by atoms with Gasteiger partial charge in [-0.05, 0) is 36.2 Å². The predicted octanol–water partition coefficient (Wildman–Crippen LogP) is 3.76. The van der Waals surface area contributed by atoms with Gasteiger partial charge in [0.05, 0.1) is 5.56 Å². The molecule has 2 heterocycles. The third-order valence-electron chi connectivity index (χ3n) is 4.16. The SMILES string of the molecule is CCc1ccc(NC(=O)c2cnc(Nc3ccc4c(c3)OCO4)nc2)cc1. The zero-order valence-electron chi connectivity index (χ0n) is 14.7. The van der Waals surface area contributed by atoms with Crippen molar-refractivity contribution in [2.75, 3.05) is 17.4 Å². The lowest BCUT2D eigenvalue weighted by Crippen LogP contribution is -2.13. The van der Waals surface area contributed by atoms with E-state index in [1.807, 2.05) is 42.5 Å². The summed E-state index contributed by atoms with van der Waals surface area (Å²) in [4.78, 5) is 20.7. The molecule has 0 radical (unpaired) electrons. The minimum absolute atomic E-state index is 0.222. The number of carbonyl (C=O) groups is 1. The Balaban J connectivity index is 1.41. The molecule has 1 amide bonds. The molecule has 7 heteroatoms. The Hall–Kier alpha value is -3.61. The topological polar surface area (TPSA) is 85.4 Å². The first-order valence-electron chi connectivity index (χ1n) is 8.60. The number of anilines is 3. The highest BCUT2D eigenvalue weighted by Gasteiger charge is 2.14. The third-order valence-corrected chi connectivity index (χ3v) is 4.16. The Bertz CT molecular complexity index is 956. The number of ether oxygens (including phenoxy) is 2. The second kappa shape index (κ2) is 7.33. The lowest BCUT2D eigenvalue weighted by Gasteiger charge is -2.08. The predicted molar refractivity (Wildman–Crippen MR) is 102 cm³/mol. The van der Waals surface area contributed by atoms with Crippen LogP contribution in [0, 0.1) is 0 Å². The number of aromatic nitrogens is 2. The zero-order chi connectivity index (χ0) is 18.6. The number of nitrogens with zero attached hydrogens (tertiary/aromatic N) is 2. The molecule has 4 rings (SSSR count). The molecule has 0 fully saturated rings. The van der Waals surface area contributed by atoms with E-state index >= 15 is 0 Å². The van der Waals surface area contributed by atoms with Gasteiger partial charge in [-0.1, -0.05) is 19.1 Å². The van der Waals surface area contributed by atoms with Gasteiger partial charge in [0, 0.05) is 29.8 Å². The van der Waals surface area contributed by atoms with Crippen molar-refractivity contribution in [2.24, 2.45) is 0 Å². The van der Waals surface area contributed by atoms with Crippen LogP contribution in [0.4, 0.5) is 17.3 Å². The highest BCUT2D eigenvalue weighted by atomic mass is 16.7. The van der Waals surface area contributed by atoms with Crippen molar-refractivity contribution in [3.05, 3.63) is 66.0 Å². The van der Waals surface area contributed by atoms with Crippen LogP contribution in [-0.2, 0) is 6.42 Å². The van der Waals surface area contributed by atoms with Crippen molar-refractivity contribution in [3.63, 3.8) is 0 Å². The average Bonchev–Trinajstić information content (AvgIpc) is 3.17. The van der Waals surface area contributed by atoms with E-state index < -0.39 is 0 Å². The minimum Gasteiger partial charge on any atom is -0.454 e. The van der Waals surface area contributed by atoms with Crippen molar-refractivity contribution in [2.45, 2.75) is 13.3 Å². The van der Waals surface area contributed by atoms with E-state index in [0.717, 1.165) is 17.8 Å². The summed E-state index contributed by atoms with van der Waals surface area (Å²) >= 11 is 0. The molecule has 0 saturated heterocycles. The normalized spacial score (nSPS) is 11.9. The zero-order valence-corrected chi connectivity index (χ0v) is 14.7. The van der Waals surface area contributed by atoms with Gasteiger partial charge in [0.1, 0.15) is 0 Å². The van der Waals surface area contributed by atoms with Crippen LogP contribution in [-0.4, -0.2) is 22.7 Å². The Labute approximate surface area is 156 Å². The molecular weight excluding hydrogens is 344 g/mol. The third kappa shape index (κ3) is 3.82. The van der Waals surface area contributed by atoms with Gasteiger partial charge in [0.15, 0.2) is 11.5 Å². The summed E-state index contributed by atoms with van der Waals surface area (Å²) in [6.07, 6.45) is 3.93. The van der Waals surface area contributed by atoms with Crippen LogP contribution in [0.1, 0.15) is 22.8 Å². The molecule has 0 atom stereocenters. The van der Waals surface area contributed by atoms with Gasteiger partial charge in [-0.25, -0.2) is 9.97 Å². The number of rotatable bonds is 5. The van der Waals surface area contributed by atoms with Gasteiger partial charge in [0.25, 0.3) is 5.91 Å². The average molecular weight is 362 g/mol. The number of benzene rings is 2. The van der Waals surface area contributed by atoms with E-state index in [-0.39, 0.29) is 12.7 Å². The van der Waals surface area contributed by atoms with Crippen LogP contribution < -0.4 is 20.1 Å². The number of fused-ring (bicyclic) bond motifs is 1. The molecule has 27 heavy (non-hydrogen) atoms. The minimum atomic E-state index is -0.256. The molecule has 2 aromatic carbocycles. The summed E-state index contributed by atoms with van der Waals surface area (Å²) in [5, 5.41) is 5.91. The van der Waals surface area contributed by atoms with Crippen LogP contribution in [0.2, 0.25) is 0 Å². The molecule has 0 saturated carbocycles. The van der Waals surface area contributed by atoms with Crippen molar-refractivity contribution < 1.29 is 14.3 Å². The maximum Gasteiger partial charge on any atom is 0.258 e. The molecule has 0 bridgehead atoms. The molecule has 0 aliphatic carbocycles. The molecule has 2 N–H and O–H groups in total. The fraction of sp³-hybridized carbons (Fsp3) is 0.150. The smallest absolute Gasteiger partial charge is 0.258 e. The van der Waals surface area contributed by atoms with Gasteiger partial charge >= 0.3 is 0 Å². The molecule has 136 valence electrons. The fourth-order valence-corrected chi connectivity index (χ4v) is 2.64. The first-order valence-corrected chi connectivity index (χ1v) is 8.60. The summed E-state index contributed by atoms with van der Waals surface area (Å²) in [5.74, 6) is 1.51. The van der Waals surface area contributed by atoms with E-state index in [1.54, 1.807) is 0 Å². The number of carbonyl (C=O) groups excluding carboxylic acids is 1. The summed E-state index contributed by atoms with van der Waals surface area (Å²) in [5.41, 5.74) is 3.10. The molecule has 0 spiro atoms. The number of amides is 1. The second-order valence-electron chi connectivity index (χ2n) is 5.99. The van der Waals surface area contributed by atoms with Crippen LogP contribution in [0.5, 0.6) is 11.5 Å². The summed E-state index contributed by atoms with van der Waals surface area (Å²) < 4.78 is 10.6. The van der Waals surface area contributed by atoms with Gasteiger partial charge in [0.2, 0.25) is 12.7 Å². The van der Waals surface area contributed by atoms with Gasteiger partial charge < -0.3 is 20.1 Å². The highest BCUT2D eigenvalue weighted by Crippen LogP contribution is 2.34. The van der Waals surface area contributed by atoms with Gasteiger partial charge in [-0.2, -0.15) is 0 Å². The Morgan fingerprint density at radius 1 is 1.00 bits per heavy atom. The second-order valence-corrected chi connectivity index (χ2v) is 5.99. The summed E-state index contributed by atoms with van der Waals surface area (Å²) in [7, 11) is 0. The molecule has 7 nitrogen and oxygen atoms in total. The Morgan fingerprint density at radius 3 is 2.44 bits per heavy atom. The largest absolute Gasteiger partial charge is 0.454 e. The standard InChI is InChI=1S/C20H18N4O3/c1-2-13-3-5-15(6-4-13)23-19(25)14-10-21-20(22-11-14)24-16-7-8-17-18(9-16)27-12-26-17/h3-11H,2,12H2,1H3,(H,23,25)(H,21,22,24). The number of hydrogen-bond donors (Lipinski definition) is 2. The Kier molecular flexibility index (Phi) is 4.57. The highest BCUT2D eigenvalue weighted by molar-refractivity contribution is 6.03. The first-order chi connectivity index (χ1) is 13.2. The van der Waals surface area contributed by atoms with Gasteiger partial charge in [-0.3, -0.25) is 4.79 Å². The van der Waals surface area contributed by atoms with Crippen molar-refractivity contribution in [1.29, 1.82) is 0 Å². The summed E-state index contributed by atoms with van der Waals surface area (Å²) in [6.45, 7) is 2.31. The molecule has 1 aliphatic rings. The van der Waals surface area contributed by atoms with Crippen molar-refractivity contribution in [1.82, 2.24) is 9.97 Å². The summed E-state index contributed by atoms with van der Waals surface area (Å²) in [6, 6.07) is 13.2. The molecule has 3 aromatic rings. The maximum atomic E-state index is 12.3. The number of nitrogens with one attached hydrogen (secondary N) is 2. The first kappa shape index (κ1) is 16.8. The van der Waals surface area contributed by atoms with E-state index in [0.29, 0.717) is 23.0 Å².